The number of halogens is 1. The molecule has 16 heteroatoms. The Hall–Kier alpha value is -9.02. The molecule has 6 heterocycles. The highest BCUT2D eigenvalue weighted by Gasteiger charge is 2.23. The Morgan fingerprint density at radius 3 is 1.63 bits per heavy atom. The van der Waals surface area contributed by atoms with E-state index in [-0.39, 0.29) is 39.1 Å². The predicted molar refractivity (Wildman–Crippen MR) is 323 cm³/mol. The van der Waals surface area contributed by atoms with Crippen LogP contribution in [0.15, 0.2) is 135 Å². The number of pyridine rings is 6. The highest BCUT2D eigenvalue weighted by molar-refractivity contribution is 9.10. The molecule has 0 aliphatic carbocycles. The summed E-state index contributed by atoms with van der Waals surface area (Å²) in [7, 11) is 2.59. The fraction of sp³-hybridized carbons (Fsp3) is 0.231. The monoisotopic (exact) mass is 1150 g/mol. The molecule has 9 rings (SSSR count). The lowest BCUT2D eigenvalue weighted by Gasteiger charge is -2.15. The Morgan fingerprint density at radius 1 is 0.580 bits per heavy atom. The van der Waals surface area contributed by atoms with Crippen molar-refractivity contribution >= 4 is 66.7 Å². The van der Waals surface area contributed by atoms with Crippen molar-refractivity contribution in [3.05, 3.63) is 247 Å². The molecule has 0 saturated carbocycles. The van der Waals surface area contributed by atoms with Gasteiger partial charge in [0.05, 0.1) is 76.8 Å². The number of carbonyl (C=O) groups excluding carboxylic acids is 4. The molecule has 0 fully saturated rings. The molecule has 0 amide bonds. The second-order valence-electron chi connectivity index (χ2n) is 19.8. The summed E-state index contributed by atoms with van der Waals surface area (Å²) >= 11 is 3.40. The minimum absolute atomic E-state index is 0.122. The average molecular weight is 1150 g/mol. The number of aryl methyl sites for hydroxylation is 12. The maximum absolute atomic E-state index is 13.4. The summed E-state index contributed by atoms with van der Waals surface area (Å²) in [5.41, 5.74) is 20.9. The van der Waals surface area contributed by atoms with E-state index in [0.717, 1.165) is 89.8 Å². The molecule has 0 atom stereocenters. The van der Waals surface area contributed by atoms with Crippen LogP contribution in [0.2, 0.25) is 0 Å². The summed E-state index contributed by atoms with van der Waals surface area (Å²) < 4.78 is 11.9. The lowest BCUT2D eigenvalue weighted by atomic mass is 9.98. The number of esters is 1. The molecule has 15 nitrogen and oxygen atoms in total. The number of hydrogen-bond acceptors (Lipinski definition) is 13. The smallest absolute Gasteiger partial charge is 0.345 e. The van der Waals surface area contributed by atoms with E-state index in [1.807, 2.05) is 148 Å². The van der Waals surface area contributed by atoms with Crippen LogP contribution < -0.4 is 16.6 Å². The molecular weight excluding hydrogens is 1090 g/mol. The first-order chi connectivity index (χ1) is 38.3. The zero-order chi connectivity index (χ0) is 59.6. The number of carbonyl (C=O) groups is 4. The Bertz CT molecular complexity index is 4080. The molecule has 0 spiro atoms. The fourth-order valence-electron chi connectivity index (χ4n) is 8.73. The van der Waals surface area contributed by atoms with Crippen LogP contribution >= 0.6 is 15.9 Å². The van der Waals surface area contributed by atoms with Gasteiger partial charge in [-0.25, -0.2) is 9.78 Å². The predicted octanol–water partition coefficient (Wildman–Crippen LogP) is 11.9. The van der Waals surface area contributed by atoms with E-state index in [2.05, 4.69) is 45.6 Å². The Morgan fingerprint density at radius 2 is 1.10 bits per heavy atom. The van der Waals surface area contributed by atoms with Gasteiger partial charge in [0.2, 0.25) is 16.6 Å². The van der Waals surface area contributed by atoms with Gasteiger partial charge >= 0.3 is 5.97 Å². The van der Waals surface area contributed by atoms with Crippen molar-refractivity contribution in [1.82, 2.24) is 29.5 Å². The molecule has 3 aromatic carbocycles. The molecule has 0 radical (unpaired) electrons. The molecule has 416 valence electrons. The van der Waals surface area contributed by atoms with E-state index >= 15 is 0 Å². The molecule has 0 saturated heterocycles. The number of ketones is 3. The highest BCUT2D eigenvalue weighted by atomic mass is 79.9. The lowest BCUT2D eigenvalue weighted by molar-refractivity contribution is -0.135. The summed E-state index contributed by atoms with van der Waals surface area (Å²) in [5, 5.41) is 0.999. The number of anilines is 1. The number of nitrogens with two attached hydrogens (primary N) is 1. The number of Topliss-reactive ketones (excluding diaryl/α,β-unsaturated/α-hetero) is 1. The summed E-state index contributed by atoms with van der Waals surface area (Å²) in [4.78, 5) is 96.4. The number of nitrogens with one attached hydrogen (secondary N) is 1. The van der Waals surface area contributed by atoms with E-state index < -0.39 is 11.8 Å². The van der Waals surface area contributed by atoms with Crippen molar-refractivity contribution in [2.24, 2.45) is 0 Å². The summed E-state index contributed by atoms with van der Waals surface area (Å²) in [6.07, 6.45) is 4.24. The van der Waals surface area contributed by atoms with Crippen molar-refractivity contribution in [3.63, 3.8) is 0 Å². The summed E-state index contributed by atoms with van der Waals surface area (Å²) in [6, 6.07) is 29.2. The van der Waals surface area contributed by atoms with Gasteiger partial charge in [-0.1, -0.05) is 42.5 Å². The summed E-state index contributed by atoms with van der Waals surface area (Å²) in [5.74, 6) is -1.66. The molecule has 0 bridgehead atoms. The minimum atomic E-state index is -0.708. The Kier molecular flexibility index (Phi) is 20.2. The third kappa shape index (κ3) is 14.8. The number of H-pyrrole nitrogens is 1. The number of rotatable bonds is 10. The van der Waals surface area contributed by atoms with Crippen LogP contribution in [-0.4, -0.2) is 67.0 Å². The normalized spacial score (nSPS) is 10.9. The molecule has 0 aliphatic rings. The van der Waals surface area contributed by atoms with Crippen LogP contribution in [0, 0.1) is 83.1 Å². The molecular formula is C65H66BrN7O8. The van der Waals surface area contributed by atoms with Gasteiger partial charge in [-0.15, -0.1) is 0 Å². The van der Waals surface area contributed by atoms with Gasteiger partial charge in [0.25, 0.3) is 0 Å². The SMILES string of the molecule is COC=C(C(=O)OC)C(=O)c1ccc(C)c(C)c1.Cc1cc2c(=O)c(C(=O)c3ccc(C)c(C)c3)c[nH]c2c(C)n1.Cc1cc2c(=O)c(C(=O)c3ccc(C)c(C)c3)cn(Cc3cccc(Br)n3)c2c(C)n1.Cc1ccc(N)c(C)n1. The largest absolute Gasteiger partial charge is 0.503 e. The number of fused-ring (bicyclic) bond motifs is 2. The third-order valence-electron chi connectivity index (χ3n) is 13.6. The number of hydrogen-bond donors (Lipinski definition) is 2. The van der Waals surface area contributed by atoms with E-state index in [0.29, 0.717) is 45.0 Å². The minimum Gasteiger partial charge on any atom is -0.503 e. The van der Waals surface area contributed by atoms with Crippen molar-refractivity contribution in [2.45, 2.75) is 89.6 Å². The van der Waals surface area contributed by atoms with Gasteiger partial charge in [-0.2, -0.15) is 0 Å². The maximum Gasteiger partial charge on any atom is 0.345 e. The van der Waals surface area contributed by atoms with Crippen LogP contribution in [-0.2, 0) is 20.8 Å². The van der Waals surface area contributed by atoms with E-state index in [1.165, 1.54) is 20.4 Å². The van der Waals surface area contributed by atoms with Crippen molar-refractivity contribution in [2.75, 3.05) is 20.0 Å². The molecule has 0 aliphatic heterocycles. The molecule has 0 unspecified atom stereocenters. The quantitative estimate of drug-likeness (QED) is 0.0248. The number of aromatic amines is 1. The summed E-state index contributed by atoms with van der Waals surface area (Å²) in [6.45, 7) is 23.4. The Balaban J connectivity index is 0.000000187. The lowest BCUT2D eigenvalue weighted by Crippen LogP contribution is -2.21. The standard InChI is InChI=1S/C25H22BrN3O2.C19H18N2O2.C14H16O4.C7H10N2/c1-14-8-9-18(10-15(14)2)24(30)21-13-29(12-19-6-5-7-22(26)28-19)23-17(4)27-16(3)11-20(23)25(21)31;1-10-5-6-14(7-11(10)2)18(22)16-9-20-17-13(4)21-12(3)8-15(17)19(16)23;1-9-5-6-11(7-10(9)2)13(15)12(8-17-3)14(16)18-4;1-5-3-4-7(8)6(2)9-5/h5-11,13H,12H2,1-4H3;5-9H,1-4H3,(H,20,23);5-8H,1-4H3;3-4H,8H2,1-2H3. The van der Waals surface area contributed by atoms with Crippen LogP contribution in [0.5, 0.6) is 0 Å². The van der Waals surface area contributed by atoms with Crippen LogP contribution in [0.4, 0.5) is 5.69 Å². The topological polar surface area (TPSA) is 219 Å². The highest BCUT2D eigenvalue weighted by Crippen LogP contribution is 2.22. The average Bonchev–Trinajstić information content (AvgIpc) is 3.63. The molecule has 6 aromatic heterocycles. The van der Waals surface area contributed by atoms with Crippen LogP contribution in [0.25, 0.3) is 21.8 Å². The second-order valence-corrected chi connectivity index (χ2v) is 20.6. The van der Waals surface area contributed by atoms with Gasteiger partial charge in [0.15, 0.2) is 11.6 Å². The fourth-order valence-corrected chi connectivity index (χ4v) is 9.11. The van der Waals surface area contributed by atoms with Gasteiger partial charge in [0.1, 0.15) is 16.4 Å². The van der Waals surface area contributed by atoms with Crippen LogP contribution in [0.3, 0.4) is 0 Å². The number of methoxy groups -OCH3 is 2. The van der Waals surface area contributed by atoms with Crippen molar-refractivity contribution in [3.8, 4) is 0 Å². The van der Waals surface area contributed by atoms with Gasteiger partial charge in [-0.05, 0) is 187 Å². The van der Waals surface area contributed by atoms with Gasteiger partial charge in [-0.3, -0.25) is 38.9 Å². The number of nitrogen functional groups attached to an aromatic ring is 1. The number of aromatic nitrogens is 6. The first-order valence-corrected chi connectivity index (χ1v) is 26.6. The number of ether oxygens (including phenoxy) is 2. The van der Waals surface area contributed by atoms with Crippen LogP contribution in [0.1, 0.15) is 115 Å². The zero-order valence-corrected chi connectivity index (χ0v) is 49.7. The van der Waals surface area contributed by atoms with Crippen molar-refractivity contribution < 1.29 is 28.7 Å². The molecule has 81 heavy (non-hydrogen) atoms. The van der Waals surface area contributed by atoms with Gasteiger partial charge < -0.3 is 24.8 Å². The first kappa shape index (κ1) is 61.2. The molecule has 3 N–H and O–H groups in total. The second kappa shape index (κ2) is 26.8. The zero-order valence-electron chi connectivity index (χ0n) is 48.1. The Labute approximate surface area is 479 Å². The van der Waals surface area contributed by atoms with E-state index in [9.17, 15) is 28.8 Å². The van der Waals surface area contributed by atoms with Crippen molar-refractivity contribution in [1.29, 1.82) is 0 Å². The number of nitrogens with zero attached hydrogens (tertiary/aromatic N) is 5. The van der Waals surface area contributed by atoms with E-state index in [4.69, 9.17) is 10.5 Å². The third-order valence-corrected chi connectivity index (χ3v) is 14.0. The maximum atomic E-state index is 13.4. The van der Waals surface area contributed by atoms with Gasteiger partial charge in [0, 0.05) is 51.6 Å². The van der Waals surface area contributed by atoms with E-state index in [1.54, 1.807) is 42.6 Å². The first-order valence-electron chi connectivity index (χ1n) is 25.8. The number of benzene rings is 3. The molecule has 9 aromatic rings.